The number of carbonyl (C=O) groups is 1. The molecule has 0 fully saturated rings. The van der Waals surface area contributed by atoms with Gasteiger partial charge in [0, 0.05) is 7.05 Å². The number of rotatable bonds is 1. The van der Waals surface area contributed by atoms with Gasteiger partial charge in [-0.3, -0.25) is 14.0 Å². The number of hydrogen-bond donors (Lipinski definition) is 2. The molecule has 0 aromatic carbocycles. The van der Waals surface area contributed by atoms with Gasteiger partial charge in [-0.1, -0.05) is 23.1 Å². The topological polar surface area (TPSA) is 62.0 Å². The van der Waals surface area contributed by atoms with Crippen molar-refractivity contribution in [3.8, 4) is 0 Å². The summed E-state index contributed by atoms with van der Waals surface area (Å²) in [7, 11) is 1.48. The maximum absolute atomic E-state index is 10.9. The zero-order valence-corrected chi connectivity index (χ0v) is 7.18. The molecular formula is C5H5ClN2O2S. The van der Waals surface area contributed by atoms with E-state index in [9.17, 15) is 9.59 Å². The maximum Gasteiger partial charge on any atom is 0.277 e. The fraction of sp³-hybridized carbons (Fsp3) is 0.200. The first-order valence-corrected chi connectivity index (χ1v) is 3.95. The molecule has 0 atom stereocenters. The standard InChI is InChI=1S/C5H5ClN2O2S/c1-7-5(10)3-2(6)4(9)8-11-3/h1H3,(H,7,10)(H,8,9). The van der Waals surface area contributed by atoms with Gasteiger partial charge in [0.05, 0.1) is 0 Å². The molecule has 1 amide bonds. The Morgan fingerprint density at radius 2 is 2.36 bits per heavy atom. The van der Waals surface area contributed by atoms with Gasteiger partial charge < -0.3 is 5.32 Å². The van der Waals surface area contributed by atoms with Crippen LogP contribution in [0.2, 0.25) is 5.02 Å². The Morgan fingerprint density at radius 1 is 1.73 bits per heavy atom. The molecule has 11 heavy (non-hydrogen) atoms. The number of hydrogen-bond acceptors (Lipinski definition) is 3. The predicted octanol–water partition coefficient (Wildman–Crippen LogP) is 0.449. The lowest BCUT2D eigenvalue weighted by atomic mass is 10.4. The first-order chi connectivity index (χ1) is 5.16. The second-order valence-electron chi connectivity index (χ2n) is 1.76. The van der Waals surface area contributed by atoms with Crippen molar-refractivity contribution in [2.75, 3.05) is 7.05 Å². The number of amides is 1. The van der Waals surface area contributed by atoms with Crippen molar-refractivity contribution < 1.29 is 4.79 Å². The van der Waals surface area contributed by atoms with E-state index < -0.39 is 5.56 Å². The lowest BCUT2D eigenvalue weighted by Gasteiger charge is -1.91. The molecule has 0 saturated heterocycles. The van der Waals surface area contributed by atoms with Crippen molar-refractivity contribution in [2.24, 2.45) is 0 Å². The first kappa shape index (κ1) is 8.29. The van der Waals surface area contributed by atoms with E-state index >= 15 is 0 Å². The highest BCUT2D eigenvalue weighted by Crippen LogP contribution is 2.13. The van der Waals surface area contributed by atoms with Gasteiger partial charge in [-0.25, -0.2) is 0 Å². The average molecular weight is 193 g/mol. The minimum atomic E-state index is -0.421. The van der Waals surface area contributed by atoms with Crippen LogP contribution in [0.3, 0.4) is 0 Å². The number of H-pyrrole nitrogens is 1. The first-order valence-electron chi connectivity index (χ1n) is 2.76. The molecule has 1 aromatic rings. The Kier molecular flexibility index (Phi) is 2.31. The Hall–Kier alpha value is -0.810. The molecule has 0 unspecified atom stereocenters. The van der Waals surface area contributed by atoms with E-state index in [1.165, 1.54) is 7.05 Å². The molecule has 1 heterocycles. The molecule has 0 saturated carbocycles. The van der Waals surface area contributed by atoms with Crippen LogP contribution in [0.25, 0.3) is 0 Å². The van der Waals surface area contributed by atoms with E-state index in [0.717, 1.165) is 11.5 Å². The SMILES string of the molecule is CNC(=O)c1s[nH]c(=O)c1Cl. The Bertz CT molecular complexity index is 329. The molecule has 0 aliphatic carbocycles. The monoisotopic (exact) mass is 192 g/mol. The van der Waals surface area contributed by atoms with Gasteiger partial charge in [-0.15, -0.1) is 0 Å². The van der Waals surface area contributed by atoms with Crippen molar-refractivity contribution in [1.29, 1.82) is 0 Å². The third kappa shape index (κ3) is 1.44. The molecule has 0 aliphatic rings. The molecule has 1 aromatic heterocycles. The van der Waals surface area contributed by atoms with E-state index in [-0.39, 0.29) is 15.8 Å². The summed E-state index contributed by atoms with van der Waals surface area (Å²) in [4.78, 5) is 21.8. The third-order valence-electron chi connectivity index (χ3n) is 1.08. The summed E-state index contributed by atoms with van der Waals surface area (Å²) in [5.41, 5.74) is -0.421. The highest BCUT2D eigenvalue weighted by Gasteiger charge is 2.13. The summed E-state index contributed by atoms with van der Waals surface area (Å²) >= 11 is 6.42. The summed E-state index contributed by atoms with van der Waals surface area (Å²) in [6.07, 6.45) is 0. The van der Waals surface area contributed by atoms with E-state index in [1.807, 2.05) is 0 Å². The van der Waals surface area contributed by atoms with E-state index in [0.29, 0.717) is 0 Å². The van der Waals surface area contributed by atoms with Crippen LogP contribution in [-0.2, 0) is 0 Å². The summed E-state index contributed by atoms with van der Waals surface area (Å²) in [6, 6.07) is 0. The molecule has 0 aliphatic heterocycles. The van der Waals surface area contributed by atoms with Crippen molar-refractivity contribution in [3.05, 3.63) is 20.3 Å². The molecule has 0 bridgehead atoms. The summed E-state index contributed by atoms with van der Waals surface area (Å²) in [5.74, 6) is -0.349. The predicted molar refractivity (Wildman–Crippen MR) is 43.3 cm³/mol. The average Bonchev–Trinajstić information content (AvgIpc) is 2.32. The number of carbonyl (C=O) groups excluding carboxylic acids is 1. The second-order valence-corrected chi connectivity index (χ2v) is 2.95. The van der Waals surface area contributed by atoms with Crippen LogP contribution in [0.15, 0.2) is 4.79 Å². The maximum atomic E-state index is 10.9. The third-order valence-corrected chi connectivity index (χ3v) is 2.43. The molecule has 2 N–H and O–H groups in total. The van der Waals surface area contributed by atoms with E-state index in [4.69, 9.17) is 11.6 Å². The van der Waals surface area contributed by atoms with Gasteiger partial charge in [0.15, 0.2) is 0 Å². The molecule has 1 rings (SSSR count). The zero-order valence-electron chi connectivity index (χ0n) is 5.60. The van der Waals surface area contributed by atoms with Crippen molar-refractivity contribution in [1.82, 2.24) is 9.69 Å². The van der Waals surface area contributed by atoms with Gasteiger partial charge in [-0.2, -0.15) is 0 Å². The smallest absolute Gasteiger partial charge is 0.277 e. The number of aromatic nitrogens is 1. The van der Waals surface area contributed by atoms with Crippen molar-refractivity contribution >= 4 is 29.0 Å². The fourth-order valence-corrected chi connectivity index (χ4v) is 1.53. The normalized spacial score (nSPS) is 9.64. The Labute approximate surface area is 71.3 Å². The van der Waals surface area contributed by atoms with Gasteiger partial charge in [-0.05, 0) is 0 Å². The van der Waals surface area contributed by atoms with Gasteiger partial charge in [0.1, 0.15) is 9.90 Å². The van der Waals surface area contributed by atoms with Crippen LogP contribution >= 0.6 is 23.1 Å². The molecule has 6 heteroatoms. The van der Waals surface area contributed by atoms with Crippen LogP contribution in [0.5, 0.6) is 0 Å². The lowest BCUT2D eigenvalue weighted by molar-refractivity contribution is 0.0967. The van der Waals surface area contributed by atoms with Crippen LogP contribution in [-0.4, -0.2) is 17.3 Å². The molecule has 60 valence electrons. The van der Waals surface area contributed by atoms with Gasteiger partial charge in [0.2, 0.25) is 0 Å². The number of aromatic amines is 1. The van der Waals surface area contributed by atoms with Crippen LogP contribution < -0.4 is 10.9 Å². The molecule has 0 radical (unpaired) electrons. The molecular weight excluding hydrogens is 188 g/mol. The number of nitrogens with one attached hydrogen (secondary N) is 2. The summed E-state index contributed by atoms with van der Waals surface area (Å²) in [5, 5.41) is 2.32. The van der Waals surface area contributed by atoms with Gasteiger partial charge in [0.25, 0.3) is 11.5 Å². The summed E-state index contributed by atoms with van der Waals surface area (Å²) in [6.45, 7) is 0. The van der Waals surface area contributed by atoms with Gasteiger partial charge >= 0.3 is 0 Å². The minimum absolute atomic E-state index is 0.0469. The fourth-order valence-electron chi connectivity index (χ4n) is 0.550. The highest BCUT2D eigenvalue weighted by atomic mass is 35.5. The second kappa shape index (κ2) is 3.06. The summed E-state index contributed by atoms with van der Waals surface area (Å²) < 4.78 is 2.35. The minimum Gasteiger partial charge on any atom is -0.354 e. The highest BCUT2D eigenvalue weighted by molar-refractivity contribution is 7.08. The Morgan fingerprint density at radius 3 is 2.73 bits per heavy atom. The zero-order chi connectivity index (χ0) is 8.43. The lowest BCUT2D eigenvalue weighted by Crippen LogP contribution is -2.17. The molecule has 0 spiro atoms. The Balaban J connectivity index is 3.15. The van der Waals surface area contributed by atoms with Crippen molar-refractivity contribution in [2.45, 2.75) is 0 Å². The van der Waals surface area contributed by atoms with E-state index in [2.05, 4.69) is 9.69 Å². The molecule has 4 nitrogen and oxygen atoms in total. The quantitative estimate of drug-likeness (QED) is 0.679. The van der Waals surface area contributed by atoms with E-state index in [1.54, 1.807) is 0 Å². The van der Waals surface area contributed by atoms with Crippen LogP contribution in [0.4, 0.5) is 0 Å². The van der Waals surface area contributed by atoms with Crippen LogP contribution in [0.1, 0.15) is 9.67 Å². The van der Waals surface area contributed by atoms with Crippen LogP contribution in [0, 0.1) is 0 Å². The van der Waals surface area contributed by atoms with Crippen molar-refractivity contribution in [3.63, 3.8) is 0 Å². The largest absolute Gasteiger partial charge is 0.354 e. The number of halogens is 1.